The molecule has 1 fully saturated rings. The normalized spacial score (nSPS) is 31.7. The highest BCUT2D eigenvalue weighted by molar-refractivity contribution is 5.70. The van der Waals surface area contributed by atoms with E-state index in [2.05, 4.69) is 12.2 Å². The maximum Gasteiger partial charge on any atom is 0.308 e. The number of rotatable bonds is 4. The molecule has 0 aromatic heterocycles. The molecule has 4 unspecified atom stereocenters. The number of carbonyl (C=O) groups excluding carboxylic acids is 1. The first-order chi connectivity index (χ1) is 8.33. The highest BCUT2D eigenvalue weighted by atomic mass is 16.6. The van der Waals surface area contributed by atoms with E-state index >= 15 is 0 Å². The van der Waals surface area contributed by atoms with Crippen LogP contribution in [0.25, 0.3) is 0 Å². The van der Waals surface area contributed by atoms with Gasteiger partial charge in [-0.1, -0.05) is 12.2 Å². The molecule has 0 aliphatic heterocycles. The Morgan fingerprint density at radius 1 is 1.39 bits per heavy atom. The molecule has 3 nitrogen and oxygen atoms in total. The number of ether oxygens (including phenoxy) is 1. The van der Waals surface area contributed by atoms with E-state index in [1.807, 2.05) is 20.8 Å². The Hall–Kier alpha value is -0.830. The minimum Gasteiger partial charge on any atom is -0.460 e. The summed E-state index contributed by atoms with van der Waals surface area (Å²) in [5.74, 6) is 1.60. The number of hydrogen-bond donors (Lipinski definition) is 1. The molecule has 18 heavy (non-hydrogen) atoms. The average Bonchev–Trinajstić information content (AvgIpc) is 2.74. The molecule has 102 valence electrons. The lowest BCUT2D eigenvalue weighted by atomic mass is 9.88. The van der Waals surface area contributed by atoms with Crippen LogP contribution in [0, 0.1) is 17.8 Å². The Morgan fingerprint density at radius 3 is 2.61 bits per heavy atom. The topological polar surface area (TPSA) is 46.5 Å². The second kappa shape index (κ2) is 5.04. The number of hydrogen-bond acceptors (Lipinski definition) is 3. The zero-order valence-electron chi connectivity index (χ0n) is 11.6. The van der Waals surface area contributed by atoms with Gasteiger partial charge in [-0.3, -0.25) is 4.79 Å². The largest absolute Gasteiger partial charge is 0.460 e. The average molecular weight is 252 g/mol. The molecule has 1 saturated carbocycles. The molecule has 2 bridgehead atoms. The molecule has 0 saturated heterocycles. The van der Waals surface area contributed by atoms with Gasteiger partial charge in [0.05, 0.1) is 12.5 Å². The molecule has 1 N–H and O–H groups in total. The third-order valence-corrected chi connectivity index (χ3v) is 3.81. The third-order valence-electron chi connectivity index (χ3n) is 3.81. The Labute approximate surface area is 109 Å². The molecule has 3 heteroatoms. The summed E-state index contributed by atoms with van der Waals surface area (Å²) in [5.41, 5.74) is -0.466. The van der Waals surface area contributed by atoms with Gasteiger partial charge in [0.1, 0.15) is 5.60 Å². The number of fused-ring (bicyclic) bond motifs is 2. The van der Waals surface area contributed by atoms with E-state index in [-0.39, 0.29) is 12.4 Å². The van der Waals surface area contributed by atoms with E-state index < -0.39 is 11.7 Å². The summed E-state index contributed by atoms with van der Waals surface area (Å²) in [6.45, 7) is 5.54. The summed E-state index contributed by atoms with van der Waals surface area (Å²) in [4.78, 5) is 11.6. The van der Waals surface area contributed by atoms with Crippen LogP contribution in [0.5, 0.6) is 0 Å². The van der Waals surface area contributed by atoms with Crippen LogP contribution in [0.2, 0.25) is 0 Å². The van der Waals surface area contributed by atoms with E-state index in [9.17, 15) is 9.90 Å². The predicted octanol–water partition coefficient (Wildman–Crippen LogP) is 2.68. The van der Waals surface area contributed by atoms with E-state index in [1.54, 1.807) is 0 Å². The lowest BCUT2D eigenvalue weighted by Crippen LogP contribution is -2.27. The second-order valence-corrected chi connectivity index (χ2v) is 6.72. The van der Waals surface area contributed by atoms with Crippen LogP contribution in [-0.4, -0.2) is 22.8 Å². The van der Waals surface area contributed by atoms with Crippen molar-refractivity contribution >= 4 is 5.97 Å². The van der Waals surface area contributed by atoms with Gasteiger partial charge in [-0.15, -0.1) is 0 Å². The van der Waals surface area contributed by atoms with Crippen molar-refractivity contribution < 1.29 is 14.6 Å². The minimum atomic E-state index is -0.558. The van der Waals surface area contributed by atoms with Gasteiger partial charge < -0.3 is 9.84 Å². The summed E-state index contributed by atoms with van der Waals surface area (Å²) in [7, 11) is 0. The van der Waals surface area contributed by atoms with Gasteiger partial charge in [0.2, 0.25) is 0 Å². The summed E-state index contributed by atoms with van der Waals surface area (Å²) in [6, 6.07) is 0. The molecule has 2 rings (SSSR count). The van der Waals surface area contributed by atoms with E-state index in [4.69, 9.17) is 4.74 Å². The highest BCUT2D eigenvalue weighted by Gasteiger charge is 2.36. The number of aliphatic hydroxyl groups is 1. The van der Waals surface area contributed by atoms with Crippen molar-refractivity contribution in [1.82, 2.24) is 0 Å². The van der Waals surface area contributed by atoms with Crippen LogP contribution in [0.15, 0.2) is 12.2 Å². The highest BCUT2D eigenvalue weighted by Crippen LogP contribution is 2.45. The minimum absolute atomic E-state index is 0.120. The third kappa shape index (κ3) is 3.58. The Balaban J connectivity index is 1.74. The molecule has 2 aliphatic carbocycles. The zero-order valence-corrected chi connectivity index (χ0v) is 11.6. The molecular weight excluding hydrogens is 228 g/mol. The fourth-order valence-corrected chi connectivity index (χ4v) is 3.17. The molecule has 0 spiro atoms. The van der Waals surface area contributed by atoms with Gasteiger partial charge >= 0.3 is 5.97 Å². The Kier molecular flexibility index (Phi) is 3.81. The first-order valence-electron chi connectivity index (χ1n) is 6.92. The molecule has 0 aromatic carbocycles. The SMILES string of the molecule is CC(C)(C)OC(=O)CC(O)CC1CC2C=CC1C2. The van der Waals surface area contributed by atoms with Crippen LogP contribution in [0.3, 0.4) is 0 Å². The fourth-order valence-electron chi connectivity index (χ4n) is 3.17. The van der Waals surface area contributed by atoms with Gasteiger partial charge in [0.25, 0.3) is 0 Å². The first-order valence-corrected chi connectivity index (χ1v) is 6.92. The van der Waals surface area contributed by atoms with Gasteiger partial charge in [-0.05, 0) is 57.8 Å². The lowest BCUT2D eigenvalue weighted by molar-refractivity contribution is -0.157. The van der Waals surface area contributed by atoms with Crippen molar-refractivity contribution in [2.45, 2.75) is 58.2 Å². The maximum atomic E-state index is 11.6. The molecule has 0 aromatic rings. The zero-order chi connectivity index (χ0) is 13.3. The van der Waals surface area contributed by atoms with Crippen molar-refractivity contribution in [2.24, 2.45) is 17.8 Å². The van der Waals surface area contributed by atoms with Crippen molar-refractivity contribution in [1.29, 1.82) is 0 Å². The maximum absolute atomic E-state index is 11.6. The van der Waals surface area contributed by atoms with Gasteiger partial charge in [-0.2, -0.15) is 0 Å². The van der Waals surface area contributed by atoms with Crippen LogP contribution < -0.4 is 0 Å². The Morgan fingerprint density at radius 2 is 2.11 bits per heavy atom. The summed E-state index contributed by atoms with van der Waals surface area (Å²) in [5, 5.41) is 9.98. The van der Waals surface area contributed by atoms with Crippen molar-refractivity contribution in [3.8, 4) is 0 Å². The van der Waals surface area contributed by atoms with E-state index in [0.29, 0.717) is 17.8 Å². The molecule has 0 heterocycles. The number of allylic oxidation sites excluding steroid dienone is 2. The molecule has 0 radical (unpaired) electrons. The summed E-state index contributed by atoms with van der Waals surface area (Å²) < 4.78 is 5.22. The monoisotopic (exact) mass is 252 g/mol. The fraction of sp³-hybridized carbons (Fsp3) is 0.800. The van der Waals surface area contributed by atoms with Gasteiger partial charge in [-0.25, -0.2) is 0 Å². The summed E-state index contributed by atoms with van der Waals surface area (Å²) >= 11 is 0. The lowest BCUT2D eigenvalue weighted by Gasteiger charge is -2.23. The predicted molar refractivity (Wildman–Crippen MR) is 69.9 cm³/mol. The summed E-state index contributed by atoms with van der Waals surface area (Å²) in [6.07, 6.45) is 7.27. The quantitative estimate of drug-likeness (QED) is 0.618. The van der Waals surface area contributed by atoms with Crippen LogP contribution in [0.4, 0.5) is 0 Å². The first kappa shape index (κ1) is 13.6. The molecule has 0 amide bonds. The number of aliphatic hydroxyl groups excluding tert-OH is 1. The smallest absolute Gasteiger partial charge is 0.308 e. The standard InChI is InChI=1S/C15H24O3/c1-15(2,3)18-14(17)9-13(16)8-12-7-10-4-5-11(12)6-10/h4-5,10-13,16H,6-9H2,1-3H3. The van der Waals surface area contributed by atoms with Gasteiger partial charge in [0.15, 0.2) is 0 Å². The molecule has 4 atom stereocenters. The van der Waals surface area contributed by atoms with E-state index in [0.717, 1.165) is 6.42 Å². The van der Waals surface area contributed by atoms with Gasteiger partial charge in [0, 0.05) is 0 Å². The van der Waals surface area contributed by atoms with Crippen molar-refractivity contribution in [2.75, 3.05) is 0 Å². The molecular formula is C15H24O3. The van der Waals surface area contributed by atoms with E-state index in [1.165, 1.54) is 12.8 Å². The molecule has 2 aliphatic rings. The second-order valence-electron chi connectivity index (χ2n) is 6.72. The van der Waals surface area contributed by atoms with Crippen molar-refractivity contribution in [3.63, 3.8) is 0 Å². The van der Waals surface area contributed by atoms with Crippen LogP contribution >= 0.6 is 0 Å². The Bertz CT molecular complexity index is 340. The van der Waals surface area contributed by atoms with Crippen molar-refractivity contribution in [3.05, 3.63) is 12.2 Å². The number of esters is 1. The van der Waals surface area contributed by atoms with Crippen LogP contribution in [0.1, 0.15) is 46.5 Å². The van der Waals surface area contributed by atoms with Crippen LogP contribution in [-0.2, 0) is 9.53 Å². The number of carbonyl (C=O) groups is 1.